The maximum Gasteiger partial charge on any atom is 0.122 e. The molecule has 2 N–H and O–H groups in total. The van der Waals surface area contributed by atoms with Gasteiger partial charge in [0, 0.05) is 13.2 Å². The van der Waals surface area contributed by atoms with Crippen molar-refractivity contribution in [3.05, 3.63) is 18.0 Å². The molecule has 2 atom stereocenters. The molecular formula is C12H20N2O2. The lowest BCUT2D eigenvalue weighted by Crippen LogP contribution is -2.30. The maximum atomic E-state index is 10.1. The van der Waals surface area contributed by atoms with Crippen molar-refractivity contribution in [3.63, 3.8) is 0 Å². The van der Waals surface area contributed by atoms with Gasteiger partial charge in [0.25, 0.3) is 0 Å². The van der Waals surface area contributed by atoms with E-state index in [4.69, 9.17) is 0 Å². The summed E-state index contributed by atoms with van der Waals surface area (Å²) in [6, 6.07) is 1.76. The maximum absolute atomic E-state index is 10.1. The molecule has 2 unspecified atom stereocenters. The average Bonchev–Trinajstić information content (AvgIpc) is 2.75. The van der Waals surface area contributed by atoms with Gasteiger partial charge in [0.2, 0.25) is 0 Å². The van der Waals surface area contributed by atoms with Gasteiger partial charge in [-0.2, -0.15) is 5.10 Å². The van der Waals surface area contributed by atoms with E-state index in [1.54, 1.807) is 24.0 Å². The molecule has 90 valence electrons. The molecule has 0 aromatic carbocycles. The molecule has 16 heavy (non-hydrogen) atoms. The number of aryl methyl sites for hydroxylation is 1. The summed E-state index contributed by atoms with van der Waals surface area (Å²) >= 11 is 0. The summed E-state index contributed by atoms with van der Waals surface area (Å²) in [7, 11) is 1.78. The highest BCUT2D eigenvalue weighted by Gasteiger charge is 2.29. The highest BCUT2D eigenvalue weighted by molar-refractivity contribution is 5.06. The van der Waals surface area contributed by atoms with Gasteiger partial charge >= 0.3 is 0 Å². The van der Waals surface area contributed by atoms with E-state index in [-0.39, 0.29) is 5.92 Å². The third kappa shape index (κ3) is 2.28. The van der Waals surface area contributed by atoms with Crippen LogP contribution in [0.3, 0.4) is 0 Å². The highest BCUT2D eigenvalue weighted by Crippen LogP contribution is 2.31. The quantitative estimate of drug-likeness (QED) is 0.815. The number of rotatable bonds is 3. The topological polar surface area (TPSA) is 58.3 Å². The molecule has 1 fully saturated rings. The van der Waals surface area contributed by atoms with E-state index >= 15 is 0 Å². The van der Waals surface area contributed by atoms with E-state index in [1.165, 1.54) is 19.3 Å². The van der Waals surface area contributed by atoms with Crippen LogP contribution in [0.25, 0.3) is 0 Å². The standard InChI is InChI=1S/C12H20N2O2/c1-14-10(7-8-13-14)12(16)11(15)9-5-3-2-4-6-9/h7-9,11-12,15-16H,2-6H2,1H3. The van der Waals surface area contributed by atoms with Crippen LogP contribution in [0, 0.1) is 5.92 Å². The minimum atomic E-state index is -0.810. The van der Waals surface area contributed by atoms with Crippen LogP contribution >= 0.6 is 0 Å². The molecular weight excluding hydrogens is 204 g/mol. The van der Waals surface area contributed by atoms with E-state index in [0.717, 1.165) is 12.8 Å². The van der Waals surface area contributed by atoms with Gasteiger partial charge in [0.1, 0.15) is 6.10 Å². The molecule has 4 nitrogen and oxygen atoms in total. The molecule has 0 saturated heterocycles. The zero-order valence-corrected chi connectivity index (χ0v) is 9.71. The van der Waals surface area contributed by atoms with Crippen molar-refractivity contribution in [3.8, 4) is 0 Å². The number of hydrogen-bond donors (Lipinski definition) is 2. The lowest BCUT2D eigenvalue weighted by atomic mass is 9.83. The number of aliphatic hydroxyl groups is 2. The van der Waals surface area contributed by atoms with Gasteiger partial charge in [-0.05, 0) is 24.8 Å². The summed E-state index contributed by atoms with van der Waals surface area (Å²) in [6.07, 6.45) is 5.81. The third-order valence-electron chi connectivity index (χ3n) is 3.62. The lowest BCUT2D eigenvalue weighted by Gasteiger charge is -2.29. The predicted octanol–water partition coefficient (Wildman–Crippen LogP) is 1.39. The molecule has 0 aliphatic heterocycles. The first-order chi connectivity index (χ1) is 7.70. The summed E-state index contributed by atoms with van der Waals surface area (Å²) in [4.78, 5) is 0. The number of aromatic nitrogens is 2. The Bertz CT molecular complexity index is 332. The van der Waals surface area contributed by atoms with E-state index in [9.17, 15) is 10.2 Å². The van der Waals surface area contributed by atoms with Crippen molar-refractivity contribution < 1.29 is 10.2 Å². The second-order valence-electron chi connectivity index (χ2n) is 4.71. The molecule has 4 heteroatoms. The molecule has 0 radical (unpaired) electrons. The second-order valence-corrected chi connectivity index (χ2v) is 4.71. The Kier molecular flexibility index (Phi) is 3.61. The minimum Gasteiger partial charge on any atom is -0.390 e. The lowest BCUT2D eigenvalue weighted by molar-refractivity contribution is -0.0321. The zero-order chi connectivity index (χ0) is 11.5. The van der Waals surface area contributed by atoms with Crippen LogP contribution < -0.4 is 0 Å². The Morgan fingerprint density at radius 1 is 1.31 bits per heavy atom. The van der Waals surface area contributed by atoms with Crippen molar-refractivity contribution in [2.45, 2.75) is 44.3 Å². The van der Waals surface area contributed by atoms with Crippen molar-refractivity contribution >= 4 is 0 Å². The molecule has 0 bridgehead atoms. The first-order valence-electron chi connectivity index (χ1n) is 6.04. The Labute approximate surface area is 95.9 Å². The van der Waals surface area contributed by atoms with Crippen LogP contribution in [0.1, 0.15) is 43.9 Å². The first-order valence-corrected chi connectivity index (χ1v) is 6.04. The van der Waals surface area contributed by atoms with Gasteiger partial charge < -0.3 is 10.2 Å². The molecule has 1 aromatic rings. The van der Waals surface area contributed by atoms with E-state index < -0.39 is 12.2 Å². The Balaban J connectivity index is 2.03. The zero-order valence-electron chi connectivity index (χ0n) is 9.71. The second kappa shape index (κ2) is 4.97. The minimum absolute atomic E-state index is 0.235. The largest absolute Gasteiger partial charge is 0.390 e. The van der Waals surface area contributed by atoms with Gasteiger partial charge in [0.15, 0.2) is 0 Å². The monoisotopic (exact) mass is 224 g/mol. The van der Waals surface area contributed by atoms with Crippen LogP contribution in [0.2, 0.25) is 0 Å². The van der Waals surface area contributed by atoms with Gasteiger partial charge in [-0.3, -0.25) is 4.68 Å². The van der Waals surface area contributed by atoms with E-state index in [1.807, 2.05) is 0 Å². The van der Waals surface area contributed by atoms with Gasteiger partial charge in [0.05, 0.1) is 11.8 Å². The van der Waals surface area contributed by atoms with Gasteiger partial charge in [-0.25, -0.2) is 0 Å². The molecule has 1 aliphatic carbocycles. The van der Waals surface area contributed by atoms with Crippen molar-refractivity contribution in [1.82, 2.24) is 9.78 Å². The molecule has 1 heterocycles. The molecule has 1 aromatic heterocycles. The summed E-state index contributed by atoms with van der Waals surface area (Å²) in [5.41, 5.74) is 0.693. The highest BCUT2D eigenvalue weighted by atomic mass is 16.3. The molecule has 0 amide bonds. The van der Waals surface area contributed by atoms with Crippen LogP contribution in [0.15, 0.2) is 12.3 Å². The molecule has 0 spiro atoms. The summed E-state index contributed by atoms with van der Waals surface area (Å²) < 4.78 is 1.62. The smallest absolute Gasteiger partial charge is 0.122 e. The van der Waals surface area contributed by atoms with Crippen molar-refractivity contribution in [1.29, 1.82) is 0 Å². The first kappa shape index (κ1) is 11.6. The fourth-order valence-corrected chi connectivity index (χ4v) is 2.58. The predicted molar refractivity (Wildman–Crippen MR) is 60.7 cm³/mol. The van der Waals surface area contributed by atoms with Crippen molar-refractivity contribution in [2.75, 3.05) is 0 Å². The van der Waals surface area contributed by atoms with Crippen LogP contribution in [0.4, 0.5) is 0 Å². The summed E-state index contributed by atoms with van der Waals surface area (Å²) in [6.45, 7) is 0. The Morgan fingerprint density at radius 3 is 2.56 bits per heavy atom. The Morgan fingerprint density at radius 2 is 2.00 bits per heavy atom. The fourth-order valence-electron chi connectivity index (χ4n) is 2.58. The van der Waals surface area contributed by atoms with Gasteiger partial charge in [-0.1, -0.05) is 19.3 Å². The molecule has 1 saturated carbocycles. The van der Waals surface area contributed by atoms with E-state index in [0.29, 0.717) is 5.69 Å². The van der Waals surface area contributed by atoms with Crippen LogP contribution in [-0.2, 0) is 7.05 Å². The SMILES string of the molecule is Cn1nccc1C(O)C(O)C1CCCCC1. The summed E-state index contributed by atoms with van der Waals surface area (Å²) in [5, 5.41) is 24.3. The average molecular weight is 224 g/mol. The Hall–Kier alpha value is -0.870. The summed E-state index contributed by atoms with van der Waals surface area (Å²) in [5.74, 6) is 0.235. The van der Waals surface area contributed by atoms with Gasteiger partial charge in [-0.15, -0.1) is 0 Å². The molecule has 1 aliphatic rings. The number of hydrogen-bond acceptors (Lipinski definition) is 3. The fraction of sp³-hybridized carbons (Fsp3) is 0.750. The van der Waals surface area contributed by atoms with E-state index in [2.05, 4.69) is 5.10 Å². The van der Waals surface area contributed by atoms with Crippen molar-refractivity contribution in [2.24, 2.45) is 13.0 Å². The number of nitrogens with zero attached hydrogens (tertiary/aromatic N) is 2. The molecule has 2 rings (SSSR count). The van der Waals surface area contributed by atoms with Crippen LogP contribution in [-0.4, -0.2) is 26.1 Å². The third-order valence-corrected chi connectivity index (χ3v) is 3.62. The number of aliphatic hydroxyl groups excluding tert-OH is 2. The van der Waals surface area contributed by atoms with Crippen LogP contribution in [0.5, 0.6) is 0 Å². The normalized spacial score (nSPS) is 21.9.